The number of ether oxygens (including phenoxy) is 2. The van der Waals surface area contributed by atoms with Crippen LogP contribution >= 0.6 is 0 Å². The lowest BCUT2D eigenvalue weighted by Crippen LogP contribution is -2.78. The fraction of sp³-hybridized carbons (Fsp3) is 0.630. The van der Waals surface area contributed by atoms with Gasteiger partial charge < -0.3 is 19.7 Å². The maximum absolute atomic E-state index is 13.1. The molecule has 3 fully saturated rings. The fourth-order valence-electron chi connectivity index (χ4n) is 6.17. The van der Waals surface area contributed by atoms with Crippen LogP contribution in [0.1, 0.15) is 77.0 Å². The van der Waals surface area contributed by atoms with Crippen LogP contribution in [0.4, 0.5) is 4.79 Å². The first-order chi connectivity index (χ1) is 16.1. The van der Waals surface area contributed by atoms with E-state index in [1.807, 2.05) is 31.7 Å². The summed E-state index contributed by atoms with van der Waals surface area (Å²) in [7, 11) is 1.67. The Morgan fingerprint density at radius 2 is 1.97 bits per heavy atom. The Bertz CT molecular complexity index is 986. The van der Waals surface area contributed by atoms with Gasteiger partial charge in [0.1, 0.15) is 11.4 Å². The van der Waals surface area contributed by atoms with Crippen molar-refractivity contribution in [2.75, 3.05) is 13.7 Å². The van der Waals surface area contributed by atoms with Gasteiger partial charge in [-0.1, -0.05) is 19.4 Å². The number of carbonyl (C=O) groups excluding carboxylic acids is 2. The lowest BCUT2D eigenvalue weighted by molar-refractivity contribution is -0.207. The minimum absolute atomic E-state index is 0.115. The van der Waals surface area contributed by atoms with Crippen LogP contribution < -0.4 is 15.4 Å². The largest absolute Gasteiger partial charge is 0.497 e. The zero-order chi connectivity index (χ0) is 24.7. The van der Waals surface area contributed by atoms with Crippen molar-refractivity contribution in [1.82, 2.24) is 15.5 Å². The van der Waals surface area contributed by atoms with E-state index in [9.17, 15) is 9.59 Å². The maximum Gasteiger partial charge on any atom is 0.408 e. The van der Waals surface area contributed by atoms with Crippen molar-refractivity contribution in [3.05, 3.63) is 29.3 Å². The SMILES string of the molecule is C#CC(=O)N1[C@@H](NCCCC)Cc2cc(OC)ccc2[C@@H]1C12CC(NC(=O)OC(C)(C)C)(C1)C2. The Hall–Kier alpha value is -2.72. The third-order valence-electron chi connectivity index (χ3n) is 7.36. The number of amides is 2. The van der Waals surface area contributed by atoms with Crippen molar-refractivity contribution in [2.45, 2.75) is 89.6 Å². The number of carbonyl (C=O) groups is 2. The van der Waals surface area contributed by atoms with E-state index >= 15 is 0 Å². The van der Waals surface area contributed by atoms with Gasteiger partial charge in [0.15, 0.2) is 0 Å². The highest BCUT2D eigenvalue weighted by Gasteiger charge is 2.73. The Kier molecular flexibility index (Phi) is 6.32. The summed E-state index contributed by atoms with van der Waals surface area (Å²) in [5.74, 6) is 2.89. The van der Waals surface area contributed by atoms with E-state index < -0.39 is 5.60 Å². The summed E-state index contributed by atoms with van der Waals surface area (Å²) in [5, 5.41) is 6.67. The number of rotatable bonds is 7. The van der Waals surface area contributed by atoms with Gasteiger partial charge in [0.05, 0.1) is 19.3 Å². The summed E-state index contributed by atoms with van der Waals surface area (Å²) in [6, 6.07) is 5.96. The number of hydrogen-bond acceptors (Lipinski definition) is 5. The van der Waals surface area contributed by atoms with E-state index in [4.69, 9.17) is 15.9 Å². The summed E-state index contributed by atoms with van der Waals surface area (Å²) < 4.78 is 11.0. The van der Waals surface area contributed by atoms with Crippen molar-refractivity contribution < 1.29 is 19.1 Å². The van der Waals surface area contributed by atoms with E-state index in [2.05, 4.69) is 35.6 Å². The molecule has 0 spiro atoms. The van der Waals surface area contributed by atoms with Crippen LogP contribution in [-0.4, -0.2) is 47.9 Å². The molecule has 0 unspecified atom stereocenters. The molecule has 4 aliphatic rings. The average molecular weight is 468 g/mol. The summed E-state index contributed by atoms with van der Waals surface area (Å²) in [4.78, 5) is 27.4. The first kappa shape index (κ1) is 24.4. The van der Waals surface area contributed by atoms with Crippen LogP contribution in [0, 0.1) is 17.8 Å². The normalized spacial score (nSPS) is 29.1. The monoisotopic (exact) mass is 467 g/mol. The van der Waals surface area contributed by atoms with Crippen LogP contribution in [0.3, 0.4) is 0 Å². The van der Waals surface area contributed by atoms with E-state index in [1.54, 1.807) is 7.11 Å². The molecule has 2 amide bonds. The summed E-state index contributed by atoms with van der Waals surface area (Å²) in [5.41, 5.74) is 1.39. The quantitative estimate of drug-likeness (QED) is 0.469. The second-order valence-corrected chi connectivity index (χ2v) is 11.2. The van der Waals surface area contributed by atoms with Gasteiger partial charge in [0, 0.05) is 17.4 Å². The predicted octanol–water partition coefficient (Wildman–Crippen LogP) is 3.92. The molecular weight excluding hydrogens is 430 g/mol. The number of methoxy groups -OCH3 is 1. The number of terminal acetylenes is 1. The second kappa shape index (κ2) is 8.81. The zero-order valence-corrected chi connectivity index (χ0v) is 21.0. The highest BCUT2D eigenvalue weighted by atomic mass is 16.6. The van der Waals surface area contributed by atoms with E-state index in [0.29, 0.717) is 6.42 Å². The molecule has 0 aromatic heterocycles. The van der Waals surface area contributed by atoms with Crippen molar-refractivity contribution >= 4 is 12.0 Å². The number of nitrogens with zero attached hydrogens (tertiary/aromatic N) is 1. The average Bonchev–Trinajstić information content (AvgIpc) is 2.72. The Balaban J connectivity index is 1.62. The van der Waals surface area contributed by atoms with Gasteiger partial charge in [-0.3, -0.25) is 10.1 Å². The number of nitrogens with one attached hydrogen (secondary N) is 2. The molecule has 2 N–H and O–H groups in total. The fourth-order valence-corrected chi connectivity index (χ4v) is 6.17. The van der Waals surface area contributed by atoms with Crippen LogP contribution in [-0.2, 0) is 16.0 Å². The molecule has 5 rings (SSSR count). The van der Waals surface area contributed by atoms with Gasteiger partial charge in [-0.05, 0) is 82.2 Å². The highest BCUT2D eigenvalue weighted by Crippen LogP contribution is 2.74. The molecule has 0 saturated heterocycles. The number of benzene rings is 1. The molecule has 184 valence electrons. The third-order valence-corrected chi connectivity index (χ3v) is 7.36. The summed E-state index contributed by atoms with van der Waals surface area (Å²) >= 11 is 0. The standard InChI is InChI=1S/C27H37N3O4/c1-7-9-12-28-21-14-18-13-19(33-6)10-11-20(18)23(30(21)22(31)8-2)26-15-27(16-26,17-26)29-24(32)34-25(3,4)5/h2,10-11,13,21,23,28H,7,9,12,14-17H2,1,3-6H3,(H,29,32)/t21-,23-,26?,27?/m1/s1. The minimum atomic E-state index is -0.542. The Morgan fingerprint density at radius 1 is 1.26 bits per heavy atom. The number of alkyl carbamates (subject to hydrolysis) is 1. The van der Waals surface area contributed by atoms with E-state index in [1.165, 1.54) is 5.56 Å². The number of fused-ring (bicyclic) bond motifs is 1. The Labute approximate surface area is 202 Å². The van der Waals surface area contributed by atoms with Crippen molar-refractivity contribution in [3.63, 3.8) is 0 Å². The molecule has 1 aromatic rings. The van der Waals surface area contributed by atoms with Crippen LogP contribution in [0.25, 0.3) is 0 Å². The molecular formula is C27H37N3O4. The van der Waals surface area contributed by atoms with Gasteiger partial charge in [0.2, 0.25) is 0 Å². The van der Waals surface area contributed by atoms with E-state index in [-0.39, 0.29) is 35.2 Å². The third kappa shape index (κ3) is 4.36. The van der Waals surface area contributed by atoms with Gasteiger partial charge in [-0.2, -0.15) is 0 Å². The topological polar surface area (TPSA) is 79.9 Å². The molecule has 3 aliphatic carbocycles. The maximum atomic E-state index is 13.1. The molecule has 2 bridgehead atoms. The molecule has 7 heteroatoms. The van der Waals surface area contributed by atoms with Gasteiger partial charge in [0.25, 0.3) is 5.91 Å². The molecule has 1 aromatic carbocycles. The van der Waals surface area contributed by atoms with Crippen LogP contribution in [0.2, 0.25) is 0 Å². The lowest BCUT2D eigenvalue weighted by Gasteiger charge is -2.74. The van der Waals surface area contributed by atoms with Gasteiger partial charge in [-0.25, -0.2) is 4.79 Å². The molecule has 1 heterocycles. The smallest absolute Gasteiger partial charge is 0.408 e. The predicted molar refractivity (Wildman–Crippen MR) is 130 cm³/mol. The molecule has 0 radical (unpaired) electrons. The van der Waals surface area contributed by atoms with Crippen LogP contribution in [0.15, 0.2) is 18.2 Å². The molecule has 3 saturated carbocycles. The minimum Gasteiger partial charge on any atom is -0.497 e. The van der Waals surface area contributed by atoms with Crippen molar-refractivity contribution in [3.8, 4) is 18.1 Å². The molecule has 34 heavy (non-hydrogen) atoms. The van der Waals surface area contributed by atoms with Crippen LogP contribution in [0.5, 0.6) is 5.75 Å². The highest BCUT2D eigenvalue weighted by molar-refractivity contribution is 5.93. The first-order valence-electron chi connectivity index (χ1n) is 12.3. The summed E-state index contributed by atoms with van der Waals surface area (Å²) in [6.45, 7) is 8.54. The molecule has 1 aliphatic heterocycles. The zero-order valence-electron chi connectivity index (χ0n) is 21.0. The number of unbranched alkanes of at least 4 members (excludes halogenated alkanes) is 1. The van der Waals surface area contributed by atoms with Gasteiger partial charge in [-0.15, -0.1) is 6.42 Å². The lowest BCUT2D eigenvalue weighted by atomic mass is 9.36. The molecule has 7 nitrogen and oxygen atoms in total. The first-order valence-corrected chi connectivity index (χ1v) is 12.3. The van der Waals surface area contributed by atoms with Crippen molar-refractivity contribution in [1.29, 1.82) is 0 Å². The summed E-state index contributed by atoms with van der Waals surface area (Å²) in [6.07, 6.45) is 10.3. The second-order valence-electron chi connectivity index (χ2n) is 11.2. The number of hydrogen-bond donors (Lipinski definition) is 2. The Morgan fingerprint density at radius 3 is 2.56 bits per heavy atom. The van der Waals surface area contributed by atoms with Gasteiger partial charge >= 0.3 is 6.09 Å². The molecule has 2 atom stereocenters. The van der Waals surface area contributed by atoms with Crippen molar-refractivity contribution in [2.24, 2.45) is 5.41 Å². The van der Waals surface area contributed by atoms with E-state index in [0.717, 1.165) is 50.0 Å².